The molecule has 0 fully saturated rings. The third-order valence-corrected chi connectivity index (χ3v) is 4.35. The number of rotatable bonds is 3. The van der Waals surface area contributed by atoms with Crippen LogP contribution in [-0.4, -0.2) is 27.0 Å². The van der Waals surface area contributed by atoms with Gasteiger partial charge in [0.2, 0.25) is 0 Å². The molecule has 1 amide bonds. The lowest BCUT2D eigenvalue weighted by molar-refractivity contribution is 0.0451. The summed E-state index contributed by atoms with van der Waals surface area (Å²) in [7, 11) is 0. The summed E-state index contributed by atoms with van der Waals surface area (Å²) < 4.78 is 5.56. The Hall–Kier alpha value is -2.30. The van der Waals surface area contributed by atoms with Crippen molar-refractivity contribution in [3.63, 3.8) is 0 Å². The van der Waals surface area contributed by atoms with Crippen LogP contribution < -0.4 is 0 Å². The topological polar surface area (TPSA) is 58.2 Å². The summed E-state index contributed by atoms with van der Waals surface area (Å²) in [5, 5.41) is 0. The maximum Gasteiger partial charge on any atom is 0.410 e. The van der Waals surface area contributed by atoms with Gasteiger partial charge in [-0.15, -0.1) is 0 Å². The van der Waals surface area contributed by atoms with Crippen molar-refractivity contribution in [3.05, 3.63) is 53.6 Å². The third kappa shape index (κ3) is 3.09. The lowest BCUT2D eigenvalue weighted by atomic mass is 9.90. The number of nitrogens with zero attached hydrogens (tertiary/aromatic N) is 2. The van der Waals surface area contributed by atoms with Crippen LogP contribution >= 0.6 is 0 Å². The number of amides is 1. The number of nitrogens with one attached hydrogen (secondary N) is 1. The molecule has 1 aliphatic rings. The van der Waals surface area contributed by atoms with E-state index in [1.807, 2.05) is 35.2 Å². The predicted molar refractivity (Wildman–Crippen MR) is 87.8 cm³/mol. The second-order valence-electron chi connectivity index (χ2n) is 6.46. The molecule has 0 unspecified atom stereocenters. The molecule has 2 atom stereocenters. The number of carbonyl (C=O) groups excluding carboxylic acids is 1. The molecule has 23 heavy (non-hydrogen) atoms. The van der Waals surface area contributed by atoms with E-state index in [1.54, 1.807) is 6.33 Å². The van der Waals surface area contributed by atoms with Crippen molar-refractivity contribution in [1.29, 1.82) is 0 Å². The Morgan fingerprint density at radius 3 is 2.83 bits per heavy atom. The second-order valence-corrected chi connectivity index (χ2v) is 6.46. The highest BCUT2D eigenvalue weighted by Crippen LogP contribution is 2.36. The van der Waals surface area contributed by atoms with E-state index in [0.717, 1.165) is 23.4 Å². The van der Waals surface area contributed by atoms with Gasteiger partial charge in [0.25, 0.3) is 0 Å². The van der Waals surface area contributed by atoms with E-state index >= 15 is 0 Å². The highest BCUT2D eigenvalue weighted by Gasteiger charge is 2.39. The summed E-state index contributed by atoms with van der Waals surface area (Å²) in [6.07, 6.45) is 2.22. The zero-order chi connectivity index (χ0) is 16.4. The monoisotopic (exact) mass is 313 g/mol. The first-order valence-electron chi connectivity index (χ1n) is 8.09. The molecule has 2 aromatic rings. The molecule has 0 spiro atoms. The minimum Gasteiger partial charge on any atom is -0.445 e. The Labute approximate surface area is 136 Å². The first kappa shape index (κ1) is 15.6. The van der Waals surface area contributed by atoms with Crippen LogP contribution in [0.2, 0.25) is 0 Å². The van der Waals surface area contributed by atoms with Gasteiger partial charge < -0.3 is 9.72 Å². The molecule has 0 radical (unpaired) electrons. The number of carbonyl (C=O) groups is 1. The van der Waals surface area contributed by atoms with Gasteiger partial charge in [-0.3, -0.25) is 4.90 Å². The van der Waals surface area contributed by atoms with Crippen molar-refractivity contribution < 1.29 is 9.53 Å². The number of H-pyrrole nitrogens is 1. The van der Waals surface area contributed by atoms with Crippen LogP contribution in [0.5, 0.6) is 0 Å². The average molecular weight is 313 g/mol. The van der Waals surface area contributed by atoms with Crippen molar-refractivity contribution in [3.8, 4) is 0 Å². The average Bonchev–Trinajstić information content (AvgIpc) is 2.99. The van der Waals surface area contributed by atoms with Gasteiger partial charge in [0, 0.05) is 18.2 Å². The summed E-state index contributed by atoms with van der Waals surface area (Å²) in [4.78, 5) is 22.2. The number of aromatic nitrogens is 2. The van der Waals surface area contributed by atoms with Crippen LogP contribution in [0.15, 0.2) is 36.7 Å². The smallest absolute Gasteiger partial charge is 0.410 e. The van der Waals surface area contributed by atoms with Crippen molar-refractivity contribution in [2.45, 2.75) is 45.9 Å². The molecular formula is C18H23N3O2. The van der Waals surface area contributed by atoms with E-state index in [9.17, 15) is 4.79 Å². The van der Waals surface area contributed by atoms with Gasteiger partial charge in [-0.1, -0.05) is 44.2 Å². The normalized spacial score (nSPS) is 20.4. The first-order chi connectivity index (χ1) is 11.1. The fraction of sp³-hybridized carbons (Fsp3) is 0.444. The molecule has 1 N–H and O–H groups in total. The molecule has 5 nitrogen and oxygen atoms in total. The molecule has 122 valence electrons. The van der Waals surface area contributed by atoms with Gasteiger partial charge in [0.1, 0.15) is 6.61 Å². The molecule has 5 heteroatoms. The van der Waals surface area contributed by atoms with Crippen molar-refractivity contribution in [2.24, 2.45) is 5.92 Å². The van der Waals surface area contributed by atoms with Crippen LogP contribution in [0.25, 0.3) is 0 Å². The number of ether oxygens (including phenoxy) is 1. The molecule has 3 rings (SSSR count). The fourth-order valence-corrected chi connectivity index (χ4v) is 3.27. The highest BCUT2D eigenvalue weighted by molar-refractivity contribution is 5.69. The van der Waals surface area contributed by atoms with Crippen LogP contribution in [0.1, 0.15) is 43.8 Å². The predicted octanol–water partition coefficient (Wildman–Crippen LogP) is 3.69. The number of aromatic amines is 1. The number of benzene rings is 1. The van der Waals surface area contributed by atoms with E-state index < -0.39 is 0 Å². The van der Waals surface area contributed by atoms with Gasteiger partial charge in [-0.05, 0) is 18.4 Å². The quantitative estimate of drug-likeness (QED) is 0.940. The Morgan fingerprint density at radius 1 is 1.39 bits per heavy atom. The fourth-order valence-electron chi connectivity index (χ4n) is 3.27. The molecule has 0 aliphatic carbocycles. The number of hydrogen-bond acceptors (Lipinski definition) is 3. The zero-order valence-corrected chi connectivity index (χ0v) is 13.8. The molecule has 1 aromatic heterocycles. The number of fused-ring (bicyclic) bond motifs is 1. The lowest BCUT2D eigenvalue weighted by Crippen LogP contribution is -2.48. The van der Waals surface area contributed by atoms with Crippen molar-refractivity contribution >= 4 is 6.09 Å². The maximum atomic E-state index is 12.7. The van der Waals surface area contributed by atoms with Gasteiger partial charge in [0.05, 0.1) is 18.1 Å². The van der Waals surface area contributed by atoms with Crippen molar-refractivity contribution in [2.75, 3.05) is 0 Å². The third-order valence-electron chi connectivity index (χ3n) is 4.35. The standard InChI is InChI=1S/C18H23N3O2/c1-12(2)17-16-15(19-11-20-16)9-13(3)21(17)18(22)23-10-14-7-5-4-6-8-14/h4-8,11-13,17H,9-10H2,1-3H3,(H,19,20)/t13-,17+/m1/s1. The zero-order valence-electron chi connectivity index (χ0n) is 13.8. The Balaban J connectivity index is 1.78. The maximum absolute atomic E-state index is 12.7. The molecule has 0 saturated heterocycles. The van der Waals surface area contributed by atoms with Crippen LogP contribution in [0.3, 0.4) is 0 Å². The van der Waals surface area contributed by atoms with Gasteiger partial charge in [-0.2, -0.15) is 0 Å². The molecule has 0 saturated carbocycles. The Morgan fingerprint density at radius 2 is 2.13 bits per heavy atom. The summed E-state index contributed by atoms with van der Waals surface area (Å²) >= 11 is 0. The molecular weight excluding hydrogens is 290 g/mol. The Kier molecular flexibility index (Phi) is 4.37. The van der Waals surface area contributed by atoms with Gasteiger partial charge in [-0.25, -0.2) is 9.78 Å². The molecule has 1 aliphatic heterocycles. The van der Waals surface area contributed by atoms with Crippen LogP contribution in [-0.2, 0) is 17.8 Å². The SMILES string of the molecule is CC(C)[C@H]1c2nc[nH]c2C[C@@H](C)N1C(=O)OCc1ccccc1. The van der Waals surface area contributed by atoms with Crippen LogP contribution in [0.4, 0.5) is 4.79 Å². The number of hydrogen-bond donors (Lipinski definition) is 1. The Bertz CT molecular complexity index is 666. The minimum atomic E-state index is -0.270. The summed E-state index contributed by atoms with van der Waals surface area (Å²) in [5.74, 6) is 0.268. The van der Waals surface area contributed by atoms with Crippen LogP contribution in [0, 0.1) is 5.92 Å². The van der Waals surface area contributed by atoms with E-state index in [4.69, 9.17) is 4.74 Å². The van der Waals surface area contributed by atoms with E-state index in [-0.39, 0.29) is 24.1 Å². The van der Waals surface area contributed by atoms with E-state index in [2.05, 4.69) is 30.7 Å². The van der Waals surface area contributed by atoms with Gasteiger partial charge in [0.15, 0.2) is 0 Å². The molecule has 1 aromatic carbocycles. The minimum absolute atomic E-state index is 0.0525. The number of imidazole rings is 1. The summed E-state index contributed by atoms with van der Waals surface area (Å²) in [6, 6.07) is 9.78. The second kappa shape index (κ2) is 6.44. The molecule has 2 heterocycles. The summed E-state index contributed by atoms with van der Waals surface area (Å²) in [5.41, 5.74) is 3.09. The molecule has 0 bridgehead atoms. The van der Waals surface area contributed by atoms with Crippen molar-refractivity contribution in [1.82, 2.24) is 14.9 Å². The van der Waals surface area contributed by atoms with E-state index in [0.29, 0.717) is 6.61 Å². The highest BCUT2D eigenvalue weighted by atomic mass is 16.6. The van der Waals surface area contributed by atoms with E-state index in [1.165, 1.54) is 0 Å². The largest absolute Gasteiger partial charge is 0.445 e. The summed E-state index contributed by atoms with van der Waals surface area (Å²) in [6.45, 7) is 6.57. The van der Waals surface area contributed by atoms with Gasteiger partial charge >= 0.3 is 6.09 Å². The lowest BCUT2D eigenvalue weighted by Gasteiger charge is -2.40. The first-order valence-corrected chi connectivity index (χ1v) is 8.09.